The summed E-state index contributed by atoms with van der Waals surface area (Å²) in [5.74, 6) is 0. The number of hydrogen-bond acceptors (Lipinski definition) is 4. The molecule has 0 aromatic carbocycles. The largest absolute Gasteiger partial charge is 0.377 e. The van der Waals surface area contributed by atoms with Gasteiger partial charge in [0.25, 0.3) is 0 Å². The van der Waals surface area contributed by atoms with Gasteiger partial charge in [-0.15, -0.1) is 12.6 Å². The van der Waals surface area contributed by atoms with Gasteiger partial charge in [-0.1, -0.05) is 12.2 Å². The number of thiocarbonyl (C=S) groups is 1. The van der Waals surface area contributed by atoms with Crippen LogP contribution in [0.3, 0.4) is 0 Å². The van der Waals surface area contributed by atoms with Gasteiger partial charge in [0.05, 0.1) is 39.6 Å². The van der Waals surface area contributed by atoms with Crippen LogP contribution in [0.4, 0.5) is 0 Å². The fraction of sp³-hybridized carbons (Fsp3) is 0.889. The molecule has 0 saturated carbocycles. The van der Waals surface area contributed by atoms with Crippen LogP contribution in [0.1, 0.15) is 0 Å². The molecule has 0 amide bonds. The Morgan fingerprint density at radius 2 is 1.27 bits per heavy atom. The van der Waals surface area contributed by atoms with Crippen LogP contribution in [-0.4, -0.2) is 62.0 Å². The minimum atomic E-state index is 0.593. The van der Waals surface area contributed by atoms with Crippen molar-refractivity contribution in [3.05, 3.63) is 0 Å². The van der Waals surface area contributed by atoms with E-state index in [-0.39, 0.29) is 0 Å². The van der Waals surface area contributed by atoms with Gasteiger partial charge >= 0.3 is 0 Å². The van der Waals surface area contributed by atoms with Gasteiger partial charge in [0.1, 0.15) is 4.32 Å². The molecule has 1 heterocycles. The molecule has 1 aliphatic rings. The van der Waals surface area contributed by atoms with Crippen molar-refractivity contribution in [2.45, 2.75) is 0 Å². The van der Waals surface area contributed by atoms with Crippen LogP contribution in [0.5, 0.6) is 0 Å². The van der Waals surface area contributed by atoms with Gasteiger partial charge in [-0.25, -0.2) is 0 Å². The third kappa shape index (κ3) is 6.32. The van der Waals surface area contributed by atoms with Gasteiger partial charge in [-0.3, -0.25) is 0 Å². The maximum absolute atomic E-state index is 5.39. The van der Waals surface area contributed by atoms with Crippen molar-refractivity contribution in [1.29, 1.82) is 0 Å². The van der Waals surface area contributed by atoms with E-state index in [0.29, 0.717) is 44.0 Å². The molecule has 0 unspecified atom stereocenters. The first-order valence-corrected chi connectivity index (χ1v) is 5.87. The highest BCUT2D eigenvalue weighted by molar-refractivity contribution is 8.10. The molecule has 0 N–H and O–H groups in total. The summed E-state index contributed by atoms with van der Waals surface area (Å²) in [4.78, 5) is 1.97. The summed E-state index contributed by atoms with van der Waals surface area (Å²) in [6.07, 6.45) is 0. The Bertz CT molecular complexity index is 180. The zero-order chi connectivity index (χ0) is 10.9. The zero-order valence-corrected chi connectivity index (χ0v) is 10.4. The molecule has 15 heavy (non-hydrogen) atoms. The number of nitrogens with zero attached hydrogens (tertiary/aromatic N) is 1. The highest BCUT2D eigenvalue weighted by atomic mass is 32.1. The average Bonchev–Trinajstić information content (AvgIpc) is 2.18. The van der Waals surface area contributed by atoms with Crippen LogP contribution in [0.15, 0.2) is 0 Å². The van der Waals surface area contributed by atoms with Crippen molar-refractivity contribution in [3.8, 4) is 0 Å². The fourth-order valence-electron chi connectivity index (χ4n) is 1.19. The van der Waals surface area contributed by atoms with Gasteiger partial charge < -0.3 is 19.1 Å². The predicted molar refractivity (Wildman–Crippen MR) is 65.6 cm³/mol. The molecule has 88 valence electrons. The normalized spacial score (nSPS) is 21.5. The fourth-order valence-corrected chi connectivity index (χ4v) is 1.58. The molecular formula is C9H17NO3S2. The molecule has 0 atom stereocenters. The van der Waals surface area contributed by atoms with Gasteiger partial charge in [-0.05, 0) is 0 Å². The summed E-state index contributed by atoms with van der Waals surface area (Å²) in [6.45, 7) is 5.27. The van der Waals surface area contributed by atoms with Crippen molar-refractivity contribution in [3.63, 3.8) is 0 Å². The molecule has 0 aromatic rings. The first kappa shape index (κ1) is 13.2. The van der Waals surface area contributed by atoms with E-state index in [9.17, 15) is 0 Å². The van der Waals surface area contributed by atoms with Crippen molar-refractivity contribution in [1.82, 2.24) is 4.90 Å². The molecule has 0 spiro atoms. The Balaban J connectivity index is 2.28. The van der Waals surface area contributed by atoms with Gasteiger partial charge in [0.15, 0.2) is 0 Å². The lowest BCUT2D eigenvalue weighted by Crippen LogP contribution is -2.34. The van der Waals surface area contributed by atoms with E-state index in [2.05, 4.69) is 12.6 Å². The van der Waals surface area contributed by atoms with E-state index in [1.54, 1.807) is 0 Å². The topological polar surface area (TPSA) is 30.9 Å². The maximum Gasteiger partial charge on any atom is 0.133 e. The smallest absolute Gasteiger partial charge is 0.133 e. The quantitative estimate of drug-likeness (QED) is 0.502. The van der Waals surface area contributed by atoms with Crippen LogP contribution in [0.2, 0.25) is 0 Å². The molecule has 1 fully saturated rings. The van der Waals surface area contributed by atoms with Crippen molar-refractivity contribution in [2.24, 2.45) is 0 Å². The van der Waals surface area contributed by atoms with Crippen molar-refractivity contribution >= 4 is 29.2 Å². The van der Waals surface area contributed by atoms with Crippen molar-refractivity contribution < 1.29 is 14.2 Å². The predicted octanol–water partition coefficient (Wildman–Crippen LogP) is 0.567. The van der Waals surface area contributed by atoms with Crippen LogP contribution in [-0.2, 0) is 14.2 Å². The van der Waals surface area contributed by atoms with Gasteiger partial charge in [0.2, 0.25) is 0 Å². The van der Waals surface area contributed by atoms with E-state index in [4.69, 9.17) is 26.4 Å². The van der Waals surface area contributed by atoms with Gasteiger partial charge in [-0.2, -0.15) is 0 Å². The third-order valence-electron chi connectivity index (χ3n) is 2.03. The molecule has 0 aliphatic carbocycles. The lowest BCUT2D eigenvalue weighted by molar-refractivity contribution is 0.00199. The summed E-state index contributed by atoms with van der Waals surface area (Å²) in [7, 11) is 0. The Kier molecular flexibility index (Phi) is 7.29. The van der Waals surface area contributed by atoms with Crippen LogP contribution >= 0.6 is 24.8 Å². The summed E-state index contributed by atoms with van der Waals surface area (Å²) in [5, 5.41) is 0. The van der Waals surface area contributed by atoms with Gasteiger partial charge in [0, 0.05) is 13.1 Å². The minimum absolute atomic E-state index is 0.593. The Morgan fingerprint density at radius 3 is 1.67 bits per heavy atom. The van der Waals surface area contributed by atoms with E-state index >= 15 is 0 Å². The molecule has 0 bridgehead atoms. The Labute approximate surface area is 101 Å². The zero-order valence-electron chi connectivity index (χ0n) is 8.68. The molecule has 4 nitrogen and oxygen atoms in total. The van der Waals surface area contributed by atoms with E-state index in [1.165, 1.54) is 0 Å². The molecule has 6 heteroatoms. The average molecular weight is 251 g/mol. The number of hydrogen-bond donors (Lipinski definition) is 1. The first-order chi connectivity index (χ1) is 7.30. The lowest BCUT2D eigenvalue weighted by atomic mass is 10.5. The van der Waals surface area contributed by atoms with E-state index in [1.807, 2.05) is 4.90 Å². The summed E-state index contributed by atoms with van der Waals surface area (Å²) >= 11 is 9.17. The van der Waals surface area contributed by atoms with E-state index < -0.39 is 0 Å². The summed E-state index contributed by atoms with van der Waals surface area (Å²) < 4.78 is 16.6. The number of thiol groups is 1. The molecule has 1 saturated heterocycles. The maximum atomic E-state index is 5.39. The highest BCUT2D eigenvalue weighted by Crippen LogP contribution is 1.98. The molecule has 0 radical (unpaired) electrons. The molecule has 0 aromatic heterocycles. The monoisotopic (exact) mass is 251 g/mol. The number of rotatable bonds is 0. The van der Waals surface area contributed by atoms with Crippen LogP contribution in [0, 0.1) is 0 Å². The third-order valence-corrected chi connectivity index (χ3v) is 2.57. The second kappa shape index (κ2) is 8.29. The Morgan fingerprint density at radius 1 is 0.867 bits per heavy atom. The standard InChI is InChI=1S/C9H17NO3S2/c14-9(15)10-1-3-11-5-7-13-8-6-12-4-2-10/h1-8H2,(H,14,15). The highest BCUT2D eigenvalue weighted by Gasteiger charge is 2.06. The summed E-state index contributed by atoms with van der Waals surface area (Å²) in [6, 6.07) is 0. The molecule has 1 aliphatic heterocycles. The summed E-state index contributed by atoms with van der Waals surface area (Å²) in [5.41, 5.74) is 0. The second-order valence-electron chi connectivity index (χ2n) is 3.11. The van der Waals surface area contributed by atoms with Crippen molar-refractivity contribution in [2.75, 3.05) is 52.7 Å². The Hall–Kier alpha value is 0.120. The molecular weight excluding hydrogens is 234 g/mol. The first-order valence-electron chi connectivity index (χ1n) is 5.02. The van der Waals surface area contributed by atoms with E-state index in [0.717, 1.165) is 13.1 Å². The SMILES string of the molecule is S=C(S)N1CCOCCOCCOCC1. The molecule has 1 rings (SSSR count). The lowest BCUT2D eigenvalue weighted by Gasteiger charge is -2.23. The minimum Gasteiger partial charge on any atom is -0.377 e. The van der Waals surface area contributed by atoms with Crippen LogP contribution in [0.25, 0.3) is 0 Å². The van der Waals surface area contributed by atoms with Crippen LogP contribution < -0.4 is 0 Å². The number of ether oxygens (including phenoxy) is 3. The second-order valence-corrected chi connectivity index (χ2v) is 4.22.